The van der Waals surface area contributed by atoms with Crippen LogP contribution in [0.1, 0.15) is 24.5 Å². The van der Waals surface area contributed by atoms with Crippen LogP contribution in [0.25, 0.3) is 0 Å². The van der Waals surface area contributed by atoms with Crippen LogP contribution in [0.2, 0.25) is 0 Å². The number of carbonyl (C=O) groups excluding carboxylic acids is 1. The van der Waals surface area contributed by atoms with Crippen molar-refractivity contribution in [3.8, 4) is 11.5 Å². The molecule has 0 atom stereocenters. The Balaban J connectivity index is 1.96. The summed E-state index contributed by atoms with van der Waals surface area (Å²) in [5, 5.41) is 2.83. The summed E-state index contributed by atoms with van der Waals surface area (Å²) in [6.07, 6.45) is 0.915. The van der Waals surface area contributed by atoms with E-state index in [0.29, 0.717) is 18.0 Å². The van der Waals surface area contributed by atoms with Crippen LogP contribution >= 0.6 is 0 Å². The Morgan fingerprint density at radius 1 is 1.04 bits per heavy atom. The minimum Gasteiger partial charge on any atom is -0.491 e. The van der Waals surface area contributed by atoms with Gasteiger partial charge in [0.05, 0.1) is 12.3 Å². The third-order valence-electron chi connectivity index (χ3n) is 3.33. The first kappa shape index (κ1) is 16.9. The Labute approximate surface area is 137 Å². The van der Waals surface area contributed by atoms with E-state index in [2.05, 4.69) is 5.32 Å². The topological polar surface area (TPSA) is 47.6 Å². The average molecular weight is 313 g/mol. The molecule has 0 aromatic heterocycles. The van der Waals surface area contributed by atoms with Crippen LogP contribution in [-0.2, 0) is 4.79 Å². The van der Waals surface area contributed by atoms with Gasteiger partial charge in [0.25, 0.3) is 5.91 Å². The number of aryl methyl sites for hydroxylation is 2. The molecule has 4 heteroatoms. The van der Waals surface area contributed by atoms with Crippen molar-refractivity contribution >= 4 is 11.6 Å². The molecular weight excluding hydrogens is 290 g/mol. The third kappa shape index (κ3) is 5.02. The van der Waals surface area contributed by atoms with E-state index in [1.807, 2.05) is 63.2 Å². The highest BCUT2D eigenvalue weighted by Crippen LogP contribution is 2.24. The first-order chi connectivity index (χ1) is 11.1. The highest BCUT2D eigenvalue weighted by Gasteiger charge is 2.09. The van der Waals surface area contributed by atoms with Crippen molar-refractivity contribution in [2.75, 3.05) is 18.5 Å². The molecule has 122 valence electrons. The molecule has 1 N–H and O–H groups in total. The van der Waals surface area contributed by atoms with Gasteiger partial charge in [-0.2, -0.15) is 0 Å². The van der Waals surface area contributed by atoms with Gasteiger partial charge in [-0.1, -0.05) is 31.2 Å². The second-order valence-electron chi connectivity index (χ2n) is 5.45. The molecule has 1 amide bonds. The van der Waals surface area contributed by atoms with Gasteiger partial charge < -0.3 is 14.8 Å². The molecule has 0 spiro atoms. The van der Waals surface area contributed by atoms with E-state index in [-0.39, 0.29) is 12.5 Å². The standard InChI is InChI=1S/C19H23NO3/c1-4-11-22-17-8-6-5-7-16(17)20-19(21)13-23-18-12-14(2)9-10-15(18)3/h5-10,12H,4,11,13H2,1-3H3,(H,20,21). The zero-order valence-electron chi connectivity index (χ0n) is 13.9. The molecule has 23 heavy (non-hydrogen) atoms. The summed E-state index contributed by atoms with van der Waals surface area (Å²) >= 11 is 0. The predicted octanol–water partition coefficient (Wildman–Crippen LogP) is 4.11. The highest BCUT2D eigenvalue weighted by molar-refractivity contribution is 5.93. The van der Waals surface area contributed by atoms with Gasteiger partial charge in [-0.05, 0) is 49.6 Å². The summed E-state index contributed by atoms with van der Waals surface area (Å²) in [5.74, 6) is 1.20. The molecule has 2 aromatic carbocycles. The van der Waals surface area contributed by atoms with Crippen LogP contribution < -0.4 is 14.8 Å². The first-order valence-electron chi connectivity index (χ1n) is 7.82. The van der Waals surface area contributed by atoms with Crippen LogP contribution in [-0.4, -0.2) is 19.1 Å². The van der Waals surface area contributed by atoms with Gasteiger partial charge in [0, 0.05) is 0 Å². The Hall–Kier alpha value is -2.49. The van der Waals surface area contributed by atoms with E-state index >= 15 is 0 Å². The lowest BCUT2D eigenvalue weighted by Gasteiger charge is -2.13. The molecule has 4 nitrogen and oxygen atoms in total. The maximum Gasteiger partial charge on any atom is 0.262 e. The zero-order valence-corrected chi connectivity index (χ0v) is 13.9. The van der Waals surface area contributed by atoms with Crippen LogP contribution in [0.4, 0.5) is 5.69 Å². The number of para-hydroxylation sites is 2. The molecule has 0 fully saturated rings. The molecule has 0 radical (unpaired) electrons. The fourth-order valence-corrected chi connectivity index (χ4v) is 2.10. The summed E-state index contributed by atoms with van der Waals surface area (Å²) in [6, 6.07) is 13.3. The predicted molar refractivity (Wildman–Crippen MR) is 92.3 cm³/mol. The summed E-state index contributed by atoms with van der Waals surface area (Å²) in [7, 11) is 0. The van der Waals surface area contributed by atoms with Crippen molar-refractivity contribution in [3.05, 3.63) is 53.6 Å². The summed E-state index contributed by atoms with van der Waals surface area (Å²) in [6.45, 7) is 6.58. The molecule has 2 rings (SSSR count). The SMILES string of the molecule is CCCOc1ccccc1NC(=O)COc1cc(C)ccc1C. The number of ether oxygens (including phenoxy) is 2. The van der Waals surface area contributed by atoms with Crippen molar-refractivity contribution in [2.24, 2.45) is 0 Å². The number of carbonyl (C=O) groups is 1. The van der Waals surface area contributed by atoms with E-state index in [1.165, 1.54) is 0 Å². The normalized spacial score (nSPS) is 10.2. The second kappa shape index (κ2) is 8.22. The van der Waals surface area contributed by atoms with E-state index in [1.54, 1.807) is 0 Å². The summed E-state index contributed by atoms with van der Waals surface area (Å²) in [4.78, 5) is 12.1. The van der Waals surface area contributed by atoms with Crippen molar-refractivity contribution in [3.63, 3.8) is 0 Å². The molecule has 0 unspecified atom stereocenters. The average Bonchev–Trinajstić information content (AvgIpc) is 2.55. The molecule has 0 saturated carbocycles. The van der Waals surface area contributed by atoms with Gasteiger partial charge in [-0.3, -0.25) is 4.79 Å². The number of hydrogen-bond acceptors (Lipinski definition) is 3. The third-order valence-corrected chi connectivity index (χ3v) is 3.33. The molecule has 0 saturated heterocycles. The van der Waals surface area contributed by atoms with E-state index in [0.717, 1.165) is 23.3 Å². The Bertz CT molecular complexity index is 667. The van der Waals surface area contributed by atoms with Gasteiger partial charge >= 0.3 is 0 Å². The maximum atomic E-state index is 12.1. The van der Waals surface area contributed by atoms with Crippen molar-refractivity contribution in [1.29, 1.82) is 0 Å². The quantitative estimate of drug-likeness (QED) is 0.837. The van der Waals surface area contributed by atoms with Gasteiger partial charge in [0.2, 0.25) is 0 Å². The number of rotatable bonds is 7. The minimum atomic E-state index is -0.210. The minimum absolute atomic E-state index is 0.0353. The molecule has 0 aliphatic carbocycles. The number of nitrogens with one attached hydrogen (secondary N) is 1. The van der Waals surface area contributed by atoms with Gasteiger partial charge in [0.1, 0.15) is 11.5 Å². The smallest absolute Gasteiger partial charge is 0.262 e. The van der Waals surface area contributed by atoms with Crippen LogP contribution in [0.3, 0.4) is 0 Å². The summed E-state index contributed by atoms with van der Waals surface area (Å²) in [5.41, 5.74) is 2.77. The fraction of sp³-hybridized carbons (Fsp3) is 0.316. The van der Waals surface area contributed by atoms with E-state index in [9.17, 15) is 4.79 Å². The van der Waals surface area contributed by atoms with Gasteiger partial charge in [0.15, 0.2) is 6.61 Å². The molecule has 2 aromatic rings. The van der Waals surface area contributed by atoms with Crippen LogP contribution in [0.5, 0.6) is 11.5 Å². The van der Waals surface area contributed by atoms with E-state index in [4.69, 9.17) is 9.47 Å². The molecule has 0 aliphatic heterocycles. The number of amides is 1. The Kier molecular flexibility index (Phi) is 6.03. The number of anilines is 1. The second-order valence-corrected chi connectivity index (χ2v) is 5.45. The largest absolute Gasteiger partial charge is 0.491 e. The molecule has 0 aliphatic rings. The molecular formula is C19H23NO3. The van der Waals surface area contributed by atoms with Gasteiger partial charge in [-0.15, -0.1) is 0 Å². The summed E-state index contributed by atoms with van der Waals surface area (Å²) < 4.78 is 11.2. The highest BCUT2D eigenvalue weighted by atomic mass is 16.5. The van der Waals surface area contributed by atoms with Crippen molar-refractivity contribution in [1.82, 2.24) is 0 Å². The lowest BCUT2D eigenvalue weighted by Crippen LogP contribution is -2.21. The van der Waals surface area contributed by atoms with Crippen molar-refractivity contribution in [2.45, 2.75) is 27.2 Å². The number of hydrogen-bond donors (Lipinski definition) is 1. The lowest BCUT2D eigenvalue weighted by atomic mass is 10.1. The Morgan fingerprint density at radius 3 is 2.61 bits per heavy atom. The Morgan fingerprint density at radius 2 is 1.83 bits per heavy atom. The van der Waals surface area contributed by atoms with E-state index < -0.39 is 0 Å². The van der Waals surface area contributed by atoms with Crippen molar-refractivity contribution < 1.29 is 14.3 Å². The van der Waals surface area contributed by atoms with Crippen LogP contribution in [0, 0.1) is 13.8 Å². The lowest BCUT2D eigenvalue weighted by molar-refractivity contribution is -0.118. The monoisotopic (exact) mass is 313 g/mol. The molecule has 0 heterocycles. The van der Waals surface area contributed by atoms with Crippen LogP contribution in [0.15, 0.2) is 42.5 Å². The van der Waals surface area contributed by atoms with Gasteiger partial charge in [-0.25, -0.2) is 0 Å². The maximum absolute atomic E-state index is 12.1. The molecule has 0 bridgehead atoms. The first-order valence-corrected chi connectivity index (χ1v) is 7.82. The number of benzene rings is 2. The zero-order chi connectivity index (χ0) is 16.7. The fourth-order valence-electron chi connectivity index (χ4n) is 2.10.